The summed E-state index contributed by atoms with van der Waals surface area (Å²) in [5, 5.41) is 6.12. The van der Waals surface area contributed by atoms with Crippen LogP contribution in [0, 0.1) is 12.7 Å². The highest BCUT2D eigenvalue weighted by molar-refractivity contribution is 7.09. The van der Waals surface area contributed by atoms with E-state index in [1.54, 1.807) is 23.5 Å². The highest BCUT2D eigenvalue weighted by Crippen LogP contribution is 2.21. The molecular formula is C26H28FN3O2S. The number of amides is 1. The van der Waals surface area contributed by atoms with Crippen LogP contribution in [-0.4, -0.2) is 34.9 Å². The third-order valence-corrected chi connectivity index (χ3v) is 6.45. The van der Waals surface area contributed by atoms with Crippen molar-refractivity contribution in [3.8, 4) is 5.75 Å². The molecule has 7 heteroatoms. The first-order valence-electron chi connectivity index (χ1n) is 11.1. The number of carbonyl (C=O) groups excluding carboxylic acids is 1. The number of para-hydroxylation sites is 1. The summed E-state index contributed by atoms with van der Waals surface area (Å²) in [5.74, 6) is 0.412. The molecule has 1 aromatic heterocycles. The Kier molecular flexibility index (Phi) is 7.86. The van der Waals surface area contributed by atoms with Crippen LogP contribution in [0.25, 0.3) is 6.08 Å². The monoisotopic (exact) mass is 465 g/mol. The van der Waals surface area contributed by atoms with Crippen molar-refractivity contribution < 1.29 is 13.9 Å². The minimum atomic E-state index is -0.211. The van der Waals surface area contributed by atoms with Crippen LogP contribution in [0.4, 0.5) is 4.39 Å². The Morgan fingerprint density at radius 2 is 1.97 bits per heavy atom. The summed E-state index contributed by atoms with van der Waals surface area (Å²) in [4.78, 5) is 19.2. The Hall–Kier alpha value is -3.03. The second-order valence-electron chi connectivity index (χ2n) is 8.20. The third-order valence-electron chi connectivity index (χ3n) is 5.63. The highest BCUT2D eigenvalue weighted by atomic mass is 32.1. The van der Waals surface area contributed by atoms with Crippen molar-refractivity contribution >= 4 is 23.3 Å². The van der Waals surface area contributed by atoms with Gasteiger partial charge in [0.05, 0.1) is 10.7 Å². The molecule has 1 saturated heterocycles. The number of aryl methyl sites for hydroxylation is 1. The van der Waals surface area contributed by atoms with E-state index in [0.717, 1.165) is 60.1 Å². The zero-order valence-electron chi connectivity index (χ0n) is 18.7. The number of likely N-dealkylation sites (tertiary alicyclic amines) is 1. The van der Waals surface area contributed by atoms with E-state index in [1.165, 1.54) is 12.1 Å². The molecule has 1 fully saturated rings. The quantitative estimate of drug-likeness (QED) is 0.478. The summed E-state index contributed by atoms with van der Waals surface area (Å²) >= 11 is 1.60. The fourth-order valence-corrected chi connectivity index (χ4v) is 4.47. The lowest BCUT2D eigenvalue weighted by Crippen LogP contribution is -2.43. The lowest BCUT2D eigenvalue weighted by Gasteiger charge is -2.32. The van der Waals surface area contributed by atoms with E-state index in [9.17, 15) is 9.18 Å². The van der Waals surface area contributed by atoms with Crippen LogP contribution in [0.3, 0.4) is 0 Å². The van der Waals surface area contributed by atoms with Gasteiger partial charge in [-0.1, -0.05) is 30.3 Å². The predicted octanol–water partition coefficient (Wildman–Crippen LogP) is 4.96. The number of benzene rings is 2. The number of thiazole rings is 1. The molecule has 0 radical (unpaired) electrons. The summed E-state index contributed by atoms with van der Waals surface area (Å²) in [6.45, 7) is 4.98. The van der Waals surface area contributed by atoms with Crippen molar-refractivity contribution in [3.05, 3.63) is 87.6 Å². The summed E-state index contributed by atoms with van der Waals surface area (Å²) < 4.78 is 19.0. The van der Waals surface area contributed by atoms with Crippen molar-refractivity contribution in [2.24, 2.45) is 0 Å². The fraction of sp³-hybridized carbons (Fsp3) is 0.308. The molecule has 1 amide bonds. The zero-order chi connectivity index (χ0) is 23.0. The smallest absolute Gasteiger partial charge is 0.244 e. The first-order valence-corrected chi connectivity index (χ1v) is 12.0. The Morgan fingerprint density at radius 3 is 2.70 bits per heavy atom. The molecule has 2 heterocycles. The number of nitrogens with zero attached hydrogens (tertiary/aromatic N) is 2. The highest BCUT2D eigenvalue weighted by Gasteiger charge is 2.20. The van der Waals surface area contributed by atoms with Gasteiger partial charge in [0.2, 0.25) is 5.91 Å². The predicted molar refractivity (Wildman–Crippen MR) is 130 cm³/mol. The maximum atomic E-state index is 13.1. The average Bonchev–Trinajstić information content (AvgIpc) is 3.24. The molecule has 0 spiro atoms. The number of piperidine rings is 1. The van der Waals surface area contributed by atoms with Gasteiger partial charge in [-0.05, 0) is 49.6 Å². The van der Waals surface area contributed by atoms with Crippen LogP contribution in [-0.2, 0) is 17.9 Å². The summed E-state index contributed by atoms with van der Waals surface area (Å²) in [6, 6.07) is 14.5. The lowest BCUT2D eigenvalue weighted by molar-refractivity contribution is -0.117. The number of aromatic nitrogens is 1. The molecule has 0 bridgehead atoms. The van der Waals surface area contributed by atoms with Crippen LogP contribution < -0.4 is 10.1 Å². The number of ether oxygens (including phenoxy) is 1. The van der Waals surface area contributed by atoms with Crippen LogP contribution in [0.15, 0.2) is 60.0 Å². The Bertz CT molecular complexity index is 1090. The van der Waals surface area contributed by atoms with E-state index in [-0.39, 0.29) is 17.8 Å². The second kappa shape index (κ2) is 11.2. The van der Waals surface area contributed by atoms with E-state index in [4.69, 9.17) is 4.74 Å². The number of carbonyl (C=O) groups is 1. The molecule has 4 rings (SSSR count). The molecule has 3 aromatic rings. The zero-order valence-corrected chi connectivity index (χ0v) is 19.5. The summed E-state index contributed by atoms with van der Waals surface area (Å²) in [7, 11) is 0. The molecule has 0 atom stereocenters. The molecule has 172 valence electrons. The van der Waals surface area contributed by atoms with E-state index in [0.29, 0.717) is 6.61 Å². The standard InChI is InChI=1S/C26H28FN3O2S/c1-19-28-24(18-33-19)17-32-25-5-3-2-4-21(25)8-11-26(31)29-23-12-14-30(15-13-23)16-20-6-9-22(27)10-7-20/h2-11,18,23H,12-17H2,1H3,(H,29,31)/b11-8+. The number of nitrogens with one attached hydrogen (secondary N) is 1. The van der Waals surface area contributed by atoms with Crippen molar-refractivity contribution in [2.75, 3.05) is 13.1 Å². The first kappa shape index (κ1) is 23.1. The normalized spacial score (nSPS) is 15.1. The van der Waals surface area contributed by atoms with Crippen LogP contribution in [0.5, 0.6) is 5.75 Å². The molecule has 1 N–H and O–H groups in total. The molecule has 2 aromatic carbocycles. The largest absolute Gasteiger partial charge is 0.487 e. The van der Waals surface area contributed by atoms with Crippen molar-refractivity contribution in [2.45, 2.75) is 39.0 Å². The Labute approximate surface area is 197 Å². The van der Waals surface area contributed by atoms with Crippen LogP contribution >= 0.6 is 11.3 Å². The van der Waals surface area contributed by atoms with Gasteiger partial charge in [0.25, 0.3) is 0 Å². The van der Waals surface area contributed by atoms with Gasteiger partial charge in [-0.25, -0.2) is 9.37 Å². The average molecular weight is 466 g/mol. The van der Waals surface area contributed by atoms with Crippen molar-refractivity contribution in [1.82, 2.24) is 15.2 Å². The first-order chi connectivity index (χ1) is 16.0. The van der Waals surface area contributed by atoms with E-state index < -0.39 is 0 Å². The number of halogens is 1. The minimum Gasteiger partial charge on any atom is -0.487 e. The molecule has 1 aliphatic rings. The molecule has 33 heavy (non-hydrogen) atoms. The number of rotatable bonds is 8. The van der Waals surface area contributed by atoms with Crippen molar-refractivity contribution in [1.29, 1.82) is 0 Å². The van der Waals surface area contributed by atoms with E-state index in [1.807, 2.05) is 48.7 Å². The van der Waals surface area contributed by atoms with Crippen molar-refractivity contribution in [3.63, 3.8) is 0 Å². The maximum Gasteiger partial charge on any atom is 0.244 e. The van der Waals surface area contributed by atoms with Gasteiger partial charge in [-0.3, -0.25) is 9.69 Å². The third kappa shape index (κ3) is 6.97. The number of hydrogen-bond acceptors (Lipinski definition) is 5. The maximum absolute atomic E-state index is 13.1. The Balaban J connectivity index is 1.24. The van der Waals surface area contributed by atoms with Gasteiger partial charge < -0.3 is 10.1 Å². The van der Waals surface area contributed by atoms with Gasteiger partial charge in [-0.2, -0.15) is 0 Å². The van der Waals surface area contributed by atoms with Crippen LogP contribution in [0.2, 0.25) is 0 Å². The lowest BCUT2D eigenvalue weighted by atomic mass is 10.0. The van der Waals surface area contributed by atoms with Gasteiger partial charge >= 0.3 is 0 Å². The van der Waals surface area contributed by atoms with Gasteiger partial charge in [0.15, 0.2) is 0 Å². The Morgan fingerprint density at radius 1 is 1.21 bits per heavy atom. The molecule has 0 saturated carbocycles. The summed E-state index contributed by atoms with van der Waals surface area (Å²) in [6.07, 6.45) is 5.15. The van der Waals surface area contributed by atoms with Gasteiger partial charge in [0.1, 0.15) is 18.2 Å². The molecule has 0 aliphatic carbocycles. The summed E-state index contributed by atoms with van der Waals surface area (Å²) in [5.41, 5.74) is 2.86. The fourth-order valence-electron chi connectivity index (χ4n) is 3.87. The number of hydrogen-bond donors (Lipinski definition) is 1. The topological polar surface area (TPSA) is 54.5 Å². The van der Waals surface area contributed by atoms with Gasteiger partial charge in [-0.15, -0.1) is 11.3 Å². The van der Waals surface area contributed by atoms with E-state index in [2.05, 4.69) is 15.2 Å². The SMILES string of the molecule is Cc1nc(COc2ccccc2/C=C/C(=O)NC2CCN(Cc3ccc(F)cc3)CC2)cs1. The molecular weight excluding hydrogens is 437 g/mol. The second-order valence-corrected chi connectivity index (χ2v) is 9.27. The van der Waals surface area contributed by atoms with E-state index >= 15 is 0 Å². The molecule has 0 unspecified atom stereocenters. The molecule has 1 aliphatic heterocycles. The van der Waals surface area contributed by atoms with Crippen LogP contribution in [0.1, 0.15) is 34.7 Å². The molecule has 5 nitrogen and oxygen atoms in total. The van der Waals surface area contributed by atoms with Gasteiger partial charge in [0, 0.05) is 42.7 Å². The minimum absolute atomic E-state index is 0.100.